The van der Waals surface area contributed by atoms with Crippen LogP contribution in [0.4, 0.5) is 0 Å². The van der Waals surface area contributed by atoms with Crippen molar-refractivity contribution >= 4 is 0 Å². The highest BCUT2D eigenvalue weighted by atomic mass is 15.3. The van der Waals surface area contributed by atoms with E-state index >= 15 is 0 Å². The third-order valence-corrected chi connectivity index (χ3v) is 4.40. The van der Waals surface area contributed by atoms with Crippen molar-refractivity contribution in [1.82, 2.24) is 14.7 Å². The Morgan fingerprint density at radius 1 is 1.44 bits per heavy atom. The first-order valence-electron chi connectivity index (χ1n) is 7.05. The van der Waals surface area contributed by atoms with E-state index in [0.29, 0.717) is 0 Å². The minimum Gasteiger partial charge on any atom is -0.322 e. The average molecular weight is 250 g/mol. The van der Waals surface area contributed by atoms with Crippen LogP contribution in [0.3, 0.4) is 0 Å². The molecule has 4 heteroatoms. The molecule has 0 aromatic carbocycles. The summed E-state index contributed by atoms with van der Waals surface area (Å²) in [5.74, 6) is 0. The maximum atomic E-state index is 6.55. The SMILES string of the molecule is CCCn1cc(C(N)C2(N(C)C)CCCC2)cn1. The highest BCUT2D eigenvalue weighted by Gasteiger charge is 2.42. The molecule has 0 saturated heterocycles. The van der Waals surface area contributed by atoms with Gasteiger partial charge < -0.3 is 10.6 Å². The van der Waals surface area contributed by atoms with Gasteiger partial charge in [-0.1, -0.05) is 19.8 Å². The Morgan fingerprint density at radius 3 is 2.67 bits per heavy atom. The standard InChI is InChI=1S/C14H26N4/c1-4-9-18-11-12(10-16-18)13(15)14(17(2)3)7-5-6-8-14/h10-11,13H,4-9,15H2,1-3H3. The zero-order chi connectivity index (χ0) is 13.2. The van der Waals surface area contributed by atoms with Crippen LogP contribution in [0.2, 0.25) is 0 Å². The summed E-state index contributed by atoms with van der Waals surface area (Å²) >= 11 is 0. The van der Waals surface area contributed by atoms with Crippen LogP contribution in [0, 0.1) is 0 Å². The van der Waals surface area contributed by atoms with E-state index in [1.54, 1.807) is 0 Å². The maximum Gasteiger partial charge on any atom is 0.0538 e. The summed E-state index contributed by atoms with van der Waals surface area (Å²) in [5, 5.41) is 4.41. The van der Waals surface area contributed by atoms with E-state index in [1.807, 2.05) is 10.9 Å². The molecule has 1 fully saturated rings. The van der Waals surface area contributed by atoms with Gasteiger partial charge in [0.2, 0.25) is 0 Å². The normalized spacial score (nSPS) is 20.5. The van der Waals surface area contributed by atoms with Gasteiger partial charge in [-0.3, -0.25) is 4.68 Å². The quantitative estimate of drug-likeness (QED) is 0.871. The first kappa shape index (κ1) is 13.6. The summed E-state index contributed by atoms with van der Waals surface area (Å²) in [6.07, 6.45) is 10.1. The van der Waals surface area contributed by atoms with E-state index in [-0.39, 0.29) is 11.6 Å². The summed E-state index contributed by atoms with van der Waals surface area (Å²) in [6, 6.07) is 0.0700. The third-order valence-electron chi connectivity index (χ3n) is 4.40. The molecular weight excluding hydrogens is 224 g/mol. The first-order valence-corrected chi connectivity index (χ1v) is 7.05. The van der Waals surface area contributed by atoms with Gasteiger partial charge in [0.25, 0.3) is 0 Å². The monoisotopic (exact) mass is 250 g/mol. The summed E-state index contributed by atoms with van der Waals surface area (Å²) in [4.78, 5) is 2.32. The van der Waals surface area contributed by atoms with Crippen molar-refractivity contribution in [2.24, 2.45) is 5.73 Å². The number of nitrogens with two attached hydrogens (primary N) is 1. The van der Waals surface area contributed by atoms with Gasteiger partial charge in [-0.25, -0.2) is 0 Å². The van der Waals surface area contributed by atoms with E-state index < -0.39 is 0 Å². The molecule has 18 heavy (non-hydrogen) atoms. The van der Waals surface area contributed by atoms with Gasteiger partial charge in [-0.2, -0.15) is 5.10 Å². The maximum absolute atomic E-state index is 6.55. The van der Waals surface area contributed by atoms with E-state index in [0.717, 1.165) is 13.0 Å². The van der Waals surface area contributed by atoms with Crippen LogP contribution < -0.4 is 5.73 Å². The largest absolute Gasteiger partial charge is 0.322 e. The molecule has 102 valence electrons. The van der Waals surface area contributed by atoms with E-state index in [9.17, 15) is 0 Å². The molecule has 0 amide bonds. The van der Waals surface area contributed by atoms with Crippen molar-refractivity contribution in [1.29, 1.82) is 0 Å². The van der Waals surface area contributed by atoms with Crippen molar-refractivity contribution in [2.45, 2.75) is 57.2 Å². The number of likely N-dealkylation sites (N-methyl/N-ethyl adjacent to an activating group) is 1. The fraction of sp³-hybridized carbons (Fsp3) is 0.786. The van der Waals surface area contributed by atoms with Crippen molar-refractivity contribution in [3.63, 3.8) is 0 Å². The fourth-order valence-corrected chi connectivity index (χ4v) is 3.23. The minimum absolute atomic E-state index is 0.0700. The van der Waals surface area contributed by atoms with Crippen LogP contribution in [0.15, 0.2) is 12.4 Å². The number of hydrogen-bond acceptors (Lipinski definition) is 3. The Labute approximate surface area is 110 Å². The molecule has 1 heterocycles. The third kappa shape index (κ3) is 2.31. The van der Waals surface area contributed by atoms with Crippen molar-refractivity contribution in [3.8, 4) is 0 Å². The number of hydrogen-bond donors (Lipinski definition) is 1. The number of rotatable bonds is 5. The molecule has 1 aromatic heterocycles. The zero-order valence-corrected chi connectivity index (χ0v) is 11.9. The van der Waals surface area contributed by atoms with Crippen LogP contribution in [-0.4, -0.2) is 34.3 Å². The molecular formula is C14H26N4. The van der Waals surface area contributed by atoms with Crippen LogP contribution in [0.5, 0.6) is 0 Å². The fourth-order valence-electron chi connectivity index (χ4n) is 3.23. The molecule has 0 radical (unpaired) electrons. The topological polar surface area (TPSA) is 47.1 Å². The number of aryl methyl sites for hydroxylation is 1. The van der Waals surface area contributed by atoms with Gasteiger partial charge in [0.05, 0.1) is 12.2 Å². The summed E-state index contributed by atoms with van der Waals surface area (Å²) in [6.45, 7) is 3.14. The highest BCUT2D eigenvalue weighted by molar-refractivity contribution is 5.18. The van der Waals surface area contributed by atoms with Crippen molar-refractivity contribution in [3.05, 3.63) is 18.0 Å². The summed E-state index contributed by atoms with van der Waals surface area (Å²) in [7, 11) is 4.31. The Bertz CT molecular complexity index is 377. The molecule has 0 bridgehead atoms. The van der Waals surface area contributed by atoms with E-state index in [4.69, 9.17) is 5.73 Å². The molecule has 1 unspecified atom stereocenters. The molecule has 2 N–H and O–H groups in total. The predicted molar refractivity (Wildman–Crippen MR) is 74.3 cm³/mol. The van der Waals surface area contributed by atoms with Gasteiger partial charge in [0.15, 0.2) is 0 Å². The van der Waals surface area contributed by atoms with Crippen LogP contribution in [0.1, 0.15) is 50.6 Å². The Balaban J connectivity index is 2.19. The Kier molecular flexibility index (Phi) is 4.07. The van der Waals surface area contributed by atoms with Gasteiger partial charge >= 0.3 is 0 Å². The van der Waals surface area contributed by atoms with Gasteiger partial charge in [-0.05, 0) is 33.4 Å². The molecule has 1 aliphatic rings. The summed E-state index contributed by atoms with van der Waals surface area (Å²) in [5.41, 5.74) is 7.86. The lowest BCUT2D eigenvalue weighted by Crippen LogP contribution is -2.50. The lowest BCUT2D eigenvalue weighted by Gasteiger charge is -2.41. The number of aromatic nitrogens is 2. The van der Waals surface area contributed by atoms with Crippen LogP contribution in [-0.2, 0) is 6.54 Å². The minimum atomic E-state index is 0.0700. The van der Waals surface area contributed by atoms with Gasteiger partial charge in [0, 0.05) is 23.8 Å². The Hall–Kier alpha value is -0.870. The molecule has 1 aromatic rings. The molecule has 0 spiro atoms. The number of nitrogens with zero attached hydrogens (tertiary/aromatic N) is 3. The van der Waals surface area contributed by atoms with Gasteiger partial charge in [0.1, 0.15) is 0 Å². The predicted octanol–water partition coefficient (Wildman–Crippen LogP) is 2.17. The second kappa shape index (κ2) is 5.41. The molecule has 1 saturated carbocycles. The smallest absolute Gasteiger partial charge is 0.0538 e. The van der Waals surface area contributed by atoms with Gasteiger partial charge in [-0.15, -0.1) is 0 Å². The average Bonchev–Trinajstić information content (AvgIpc) is 2.97. The highest BCUT2D eigenvalue weighted by Crippen LogP contribution is 2.41. The van der Waals surface area contributed by atoms with E-state index in [1.165, 1.54) is 31.2 Å². The molecule has 0 aliphatic heterocycles. The Morgan fingerprint density at radius 2 is 2.11 bits per heavy atom. The summed E-state index contributed by atoms with van der Waals surface area (Å²) < 4.78 is 2.01. The van der Waals surface area contributed by atoms with E-state index in [2.05, 4.69) is 37.2 Å². The second-order valence-electron chi connectivity index (χ2n) is 5.72. The lowest BCUT2D eigenvalue weighted by atomic mass is 9.84. The van der Waals surface area contributed by atoms with Crippen LogP contribution >= 0.6 is 0 Å². The molecule has 2 rings (SSSR count). The van der Waals surface area contributed by atoms with Crippen molar-refractivity contribution < 1.29 is 0 Å². The molecule has 1 atom stereocenters. The molecule has 1 aliphatic carbocycles. The molecule has 4 nitrogen and oxygen atoms in total. The van der Waals surface area contributed by atoms with Crippen molar-refractivity contribution in [2.75, 3.05) is 14.1 Å². The van der Waals surface area contributed by atoms with Crippen LogP contribution in [0.25, 0.3) is 0 Å². The lowest BCUT2D eigenvalue weighted by molar-refractivity contribution is 0.123. The first-order chi connectivity index (χ1) is 8.60. The second-order valence-corrected chi connectivity index (χ2v) is 5.72. The zero-order valence-electron chi connectivity index (χ0n) is 11.9.